The van der Waals surface area contributed by atoms with Crippen LogP contribution in [0.1, 0.15) is 0 Å². The van der Waals surface area contributed by atoms with Gasteiger partial charge in [-0.1, -0.05) is 12.1 Å². The van der Waals surface area contributed by atoms with Crippen LogP contribution in [0.15, 0.2) is 71.7 Å². The molecule has 0 aliphatic heterocycles. The van der Waals surface area contributed by atoms with E-state index in [1.807, 2.05) is 36.4 Å². The Morgan fingerprint density at radius 1 is 1.00 bits per heavy atom. The molecule has 2 aromatic carbocycles. The highest BCUT2D eigenvalue weighted by Gasteiger charge is 2.18. The second-order valence-corrected chi connectivity index (χ2v) is 6.54. The SMILES string of the molecule is COc1cccc2cc(Nc3c(-c4ncc(N)cn4)oc4cnccc34)ccc12. The average molecular weight is 383 g/mol. The second kappa shape index (κ2) is 6.79. The van der Waals surface area contributed by atoms with E-state index >= 15 is 0 Å². The van der Waals surface area contributed by atoms with Crippen molar-refractivity contribution in [3.63, 3.8) is 0 Å². The van der Waals surface area contributed by atoms with E-state index < -0.39 is 0 Å². The summed E-state index contributed by atoms with van der Waals surface area (Å²) in [6.45, 7) is 0. The van der Waals surface area contributed by atoms with Crippen LogP contribution in [0.25, 0.3) is 33.3 Å². The average Bonchev–Trinajstić information content (AvgIpc) is 3.12. The van der Waals surface area contributed by atoms with Crippen molar-refractivity contribution in [2.45, 2.75) is 0 Å². The molecule has 142 valence electrons. The molecule has 3 N–H and O–H groups in total. The lowest BCUT2D eigenvalue weighted by molar-refractivity contribution is 0.420. The van der Waals surface area contributed by atoms with E-state index in [2.05, 4.69) is 26.3 Å². The van der Waals surface area contributed by atoms with E-state index in [1.54, 1.807) is 31.9 Å². The smallest absolute Gasteiger partial charge is 0.198 e. The third-order valence-corrected chi connectivity index (χ3v) is 4.70. The Kier molecular flexibility index (Phi) is 3.98. The minimum absolute atomic E-state index is 0.445. The fraction of sp³-hybridized carbons (Fsp3) is 0.0455. The molecule has 0 aliphatic carbocycles. The Morgan fingerprint density at radius 3 is 2.69 bits per heavy atom. The number of pyridine rings is 1. The lowest BCUT2D eigenvalue weighted by Crippen LogP contribution is -1.96. The summed E-state index contributed by atoms with van der Waals surface area (Å²) in [7, 11) is 1.67. The zero-order valence-corrected chi connectivity index (χ0v) is 15.6. The predicted molar refractivity (Wildman–Crippen MR) is 113 cm³/mol. The number of hydrogen-bond acceptors (Lipinski definition) is 7. The van der Waals surface area contributed by atoms with Gasteiger partial charge in [-0.2, -0.15) is 0 Å². The molecular formula is C22H17N5O2. The van der Waals surface area contributed by atoms with E-state index in [0.29, 0.717) is 22.9 Å². The number of nitrogens with two attached hydrogens (primary N) is 1. The van der Waals surface area contributed by atoms with Crippen LogP contribution in [0.5, 0.6) is 5.75 Å². The third kappa shape index (κ3) is 2.98. The number of fused-ring (bicyclic) bond motifs is 2. The van der Waals surface area contributed by atoms with Gasteiger partial charge in [0.15, 0.2) is 17.2 Å². The van der Waals surface area contributed by atoms with Gasteiger partial charge in [0, 0.05) is 22.7 Å². The maximum atomic E-state index is 6.01. The molecule has 3 heterocycles. The van der Waals surface area contributed by atoms with Gasteiger partial charge in [0.2, 0.25) is 0 Å². The molecule has 7 heteroatoms. The zero-order chi connectivity index (χ0) is 19.8. The van der Waals surface area contributed by atoms with Crippen LogP contribution in [0, 0.1) is 0 Å². The highest BCUT2D eigenvalue weighted by molar-refractivity contribution is 6.00. The van der Waals surface area contributed by atoms with Crippen LogP contribution in [0.2, 0.25) is 0 Å². The lowest BCUT2D eigenvalue weighted by atomic mass is 10.1. The van der Waals surface area contributed by atoms with Crippen molar-refractivity contribution in [1.29, 1.82) is 0 Å². The summed E-state index contributed by atoms with van der Waals surface area (Å²) in [6, 6.07) is 13.9. The number of hydrogen-bond donors (Lipinski definition) is 2. The monoisotopic (exact) mass is 383 g/mol. The molecule has 0 saturated carbocycles. The van der Waals surface area contributed by atoms with Crippen molar-refractivity contribution in [2.24, 2.45) is 0 Å². The first-order chi connectivity index (χ1) is 14.2. The van der Waals surface area contributed by atoms with Gasteiger partial charge >= 0.3 is 0 Å². The molecule has 0 spiro atoms. The minimum Gasteiger partial charge on any atom is -0.496 e. The maximum absolute atomic E-state index is 6.01. The molecule has 0 bridgehead atoms. The van der Waals surface area contributed by atoms with Crippen molar-refractivity contribution in [1.82, 2.24) is 15.0 Å². The van der Waals surface area contributed by atoms with Crippen LogP contribution in [-0.2, 0) is 0 Å². The van der Waals surface area contributed by atoms with Crippen LogP contribution in [-0.4, -0.2) is 22.1 Å². The van der Waals surface area contributed by atoms with Gasteiger partial charge in [0.05, 0.1) is 37.1 Å². The van der Waals surface area contributed by atoms with Gasteiger partial charge in [-0.05, 0) is 35.7 Å². The normalized spacial score (nSPS) is 11.1. The summed E-state index contributed by atoms with van der Waals surface area (Å²) in [4.78, 5) is 12.8. The van der Waals surface area contributed by atoms with Gasteiger partial charge in [-0.3, -0.25) is 4.98 Å². The Balaban J connectivity index is 1.64. The quantitative estimate of drug-likeness (QED) is 0.461. The van der Waals surface area contributed by atoms with E-state index in [0.717, 1.165) is 33.3 Å². The number of anilines is 3. The van der Waals surface area contributed by atoms with Gasteiger partial charge in [-0.15, -0.1) is 0 Å². The Labute approximate surface area is 166 Å². The number of benzene rings is 2. The second-order valence-electron chi connectivity index (χ2n) is 6.54. The number of aromatic nitrogens is 3. The molecule has 0 unspecified atom stereocenters. The number of ether oxygens (including phenoxy) is 1. The topological polar surface area (TPSA) is 99.1 Å². The van der Waals surface area contributed by atoms with E-state index in [9.17, 15) is 0 Å². The highest BCUT2D eigenvalue weighted by atomic mass is 16.5. The molecular weight excluding hydrogens is 366 g/mol. The van der Waals surface area contributed by atoms with Gasteiger partial charge < -0.3 is 20.2 Å². The van der Waals surface area contributed by atoms with Gasteiger partial charge in [0.25, 0.3) is 0 Å². The summed E-state index contributed by atoms with van der Waals surface area (Å²) in [5.74, 6) is 1.81. The number of nitrogens with one attached hydrogen (secondary N) is 1. The Morgan fingerprint density at radius 2 is 1.86 bits per heavy atom. The molecule has 7 nitrogen and oxygen atoms in total. The van der Waals surface area contributed by atoms with Gasteiger partial charge in [0.1, 0.15) is 5.75 Å². The number of furan rings is 1. The minimum atomic E-state index is 0.445. The number of rotatable bonds is 4. The first kappa shape index (κ1) is 17.0. The molecule has 0 amide bonds. The maximum Gasteiger partial charge on any atom is 0.198 e. The first-order valence-corrected chi connectivity index (χ1v) is 9.01. The highest BCUT2D eigenvalue weighted by Crippen LogP contribution is 2.38. The van der Waals surface area contributed by atoms with E-state index in [4.69, 9.17) is 14.9 Å². The van der Waals surface area contributed by atoms with E-state index in [-0.39, 0.29) is 0 Å². The molecule has 0 fully saturated rings. The number of nitrogen functional groups attached to an aromatic ring is 1. The molecule has 0 atom stereocenters. The summed E-state index contributed by atoms with van der Waals surface area (Å²) in [6.07, 6.45) is 6.51. The predicted octanol–water partition coefficient (Wildman–Crippen LogP) is 4.77. The van der Waals surface area contributed by atoms with Gasteiger partial charge in [-0.25, -0.2) is 9.97 Å². The van der Waals surface area contributed by atoms with Crippen molar-refractivity contribution < 1.29 is 9.15 Å². The number of methoxy groups -OCH3 is 1. The summed E-state index contributed by atoms with van der Waals surface area (Å²) in [5, 5.41) is 6.46. The van der Waals surface area contributed by atoms with Crippen LogP contribution < -0.4 is 15.8 Å². The standard InChI is InChI=1S/C22H17N5O2/c1-28-18-4-2-3-13-9-15(5-6-16(13)18)27-20-17-7-8-24-12-19(17)29-21(20)22-25-10-14(23)11-26-22/h2-12,27H,23H2,1H3. The van der Waals surface area contributed by atoms with E-state index in [1.165, 1.54) is 0 Å². The summed E-state index contributed by atoms with van der Waals surface area (Å²) < 4.78 is 11.5. The lowest BCUT2D eigenvalue weighted by Gasteiger charge is -2.10. The molecule has 3 aromatic heterocycles. The van der Waals surface area contributed by atoms with Crippen molar-refractivity contribution in [3.8, 4) is 17.3 Å². The summed E-state index contributed by atoms with van der Waals surface area (Å²) >= 11 is 0. The fourth-order valence-corrected chi connectivity index (χ4v) is 3.34. The molecule has 5 rings (SSSR count). The zero-order valence-electron chi connectivity index (χ0n) is 15.6. The molecule has 0 saturated heterocycles. The fourth-order valence-electron chi connectivity index (χ4n) is 3.34. The van der Waals surface area contributed by atoms with Crippen molar-refractivity contribution in [2.75, 3.05) is 18.2 Å². The largest absolute Gasteiger partial charge is 0.496 e. The Hall–Kier alpha value is -4.13. The third-order valence-electron chi connectivity index (χ3n) is 4.70. The Bertz CT molecular complexity index is 1330. The molecule has 5 aromatic rings. The van der Waals surface area contributed by atoms with Crippen molar-refractivity contribution in [3.05, 3.63) is 67.3 Å². The van der Waals surface area contributed by atoms with Crippen LogP contribution in [0.4, 0.5) is 17.1 Å². The van der Waals surface area contributed by atoms with Crippen molar-refractivity contribution >= 4 is 38.8 Å². The van der Waals surface area contributed by atoms with Crippen LogP contribution >= 0.6 is 0 Å². The summed E-state index contributed by atoms with van der Waals surface area (Å²) in [5.41, 5.74) is 8.54. The number of nitrogens with zero attached hydrogens (tertiary/aromatic N) is 3. The first-order valence-electron chi connectivity index (χ1n) is 9.01. The molecule has 0 aliphatic rings. The van der Waals surface area contributed by atoms with Crippen LogP contribution in [0.3, 0.4) is 0 Å². The molecule has 29 heavy (non-hydrogen) atoms. The molecule has 0 radical (unpaired) electrons.